The Morgan fingerprint density at radius 3 is 2.49 bits per heavy atom. The molecule has 0 radical (unpaired) electrons. The van der Waals surface area contributed by atoms with Crippen LogP contribution in [0.2, 0.25) is 0 Å². The fourth-order valence-electron chi connectivity index (χ4n) is 5.69. The molecule has 39 heavy (non-hydrogen) atoms. The lowest BCUT2D eigenvalue weighted by Crippen LogP contribution is -2.36. The SMILES string of the molecule is Cc1cc(-c2ccc(C(=O)C3CCCCC3C(=O)Nc3cn(C)nc3C(N)=O)c(F)c2)n(C2CCCCO2)n1. The maximum absolute atomic E-state index is 15.5. The van der Waals surface area contributed by atoms with E-state index in [1.54, 1.807) is 17.8 Å². The Morgan fingerprint density at radius 1 is 1.05 bits per heavy atom. The highest BCUT2D eigenvalue weighted by atomic mass is 19.1. The van der Waals surface area contributed by atoms with E-state index >= 15 is 4.39 Å². The van der Waals surface area contributed by atoms with Crippen molar-refractivity contribution in [2.24, 2.45) is 24.6 Å². The smallest absolute Gasteiger partial charge is 0.271 e. The normalized spacial score (nSPS) is 21.5. The number of ketones is 1. The van der Waals surface area contributed by atoms with Crippen molar-refractivity contribution >= 4 is 23.3 Å². The molecule has 3 N–H and O–H groups in total. The predicted molar refractivity (Wildman–Crippen MR) is 141 cm³/mol. The second-order valence-electron chi connectivity index (χ2n) is 10.4. The molecule has 3 unspecified atom stereocenters. The number of nitrogens with two attached hydrogens (primary N) is 1. The molecule has 2 aliphatic rings. The van der Waals surface area contributed by atoms with Crippen molar-refractivity contribution in [3.05, 3.63) is 53.2 Å². The number of ether oxygens (including phenoxy) is 1. The highest BCUT2D eigenvalue weighted by molar-refractivity contribution is 6.05. The largest absolute Gasteiger partial charge is 0.364 e. The standard InChI is InChI=1S/C28H33FN6O4/c1-16-13-23(35(32-16)24-9-5-6-12-39-24)17-10-11-20(21(29)14-17)26(36)18-7-3-4-8-19(18)28(38)31-22-15-34(2)33-25(22)27(30)37/h10-11,13-15,18-19,24H,3-9,12H2,1-2H3,(H2,30,37)(H,31,38). The van der Waals surface area contributed by atoms with Gasteiger partial charge in [0.15, 0.2) is 17.7 Å². The van der Waals surface area contributed by atoms with Crippen molar-refractivity contribution in [2.45, 2.75) is 58.1 Å². The number of anilines is 1. The Labute approximate surface area is 225 Å². The number of carbonyl (C=O) groups is 3. The summed E-state index contributed by atoms with van der Waals surface area (Å²) in [7, 11) is 1.61. The number of carbonyl (C=O) groups excluding carboxylic acids is 3. The van der Waals surface area contributed by atoms with E-state index in [4.69, 9.17) is 10.5 Å². The molecule has 206 valence electrons. The Balaban J connectivity index is 1.38. The molecule has 2 aromatic heterocycles. The quantitative estimate of drug-likeness (QED) is 0.436. The Bertz CT molecular complexity index is 1410. The molecule has 1 aromatic carbocycles. The third-order valence-electron chi connectivity index (χ3n) is 7.58. The number of hydrogen-bond donors (Lipinski definition) is 2. The van der Waals surface area contributed by atoms with Gasteiger partial charge < -0.3 is 15.8 Å². The van der Waals surface area contributed by atoms with Gasteiger partial charge in [0, 0.05) is 37.3 Å². The van der Waals surface area contributed by atoms with Crippen molar-refractivity contribution in [1.29, 1.82) is 0 Å². The lowest BCUT2D eigenvalue weighted by Gasteiger charge is -2.29. The van der Waals surface area contributed by atoms with Crippen molar-refractivity contribution in [1.82, 2.24) is 19.6 Å². The second-order valence-corrected chi connectivity index (χ2v) is 10.4. The van der Waals surface area contributed by atoms with Crippen LogP contribution in [0.3, 0.4) is 0 Å². The average molecular weight is 537 g/mol. The summed E-state index contributed by atoms with van der Waals surface area (Å²) in [4.78, 5) is 38.5. The number of amides is 2. The van der Waals surface area contributed by atoms with Crippen LogP contribution in [0.15, 0.2) is 30.5 Å². The monoisotopic (exact) mass is 536 g/mol. The zero-order valence-electron chi connectivity index (χ0n) is 22.2. The summed E-state index contributed by atoms with van der Waals surface area (Å²) >= 11 is 0. The van der Waals surface area contributed by atoms with E-state index in [0.29, 0.717) is 25.0 Å². The zero-order chi connectivity index (χ0) is 27.7. The molecule has 2 amide bonds. The molecule has 1 aliphatic heterocycles. The van der Waals surface area contributed by atoms with Crippen molar-refractivity contribution in [3.63, 3.8) is 0 Å². The van der Waals surface area contributed by atoms with Crippen LogP contribution in [0.25, 0.3) is 11.3 Å². The number of primary amides is 1. The summed E-state index contributed by atoms with van der Waals surface area (Å²) in [5.41, 5.74) is 7.61. The maximum Gasteiger partial charge on any atom is 0.271 e. The Hall–Kier alpha value is -3.86. The van der Waals surface area contributed by atoms with Crippen molar-refractivity contribution in [3.8, 4) is 11.3 Å². The Kier molecular flexibility index (Phi) is 7.60. The van der Waals surface area contributed by atoms with Gasteiger partial charge in [-0.3, -0.25) is 19.1 Å². The number of nitrogens with zero attached hydrogens (tertiary/aromatic N) is 4. The minimum absolute atomic E-state index is 0.0423. The predicted octanol–water partition coefficient (Wildman–Crippen LogP) is 4.16. The van der Waals surface area contributed by atoms with Gasteiger partial charge in [0.25, 0.3) is 5.91 Å². The van der Waals surface area contributed by atoms with E-state index < -0.39 is 35.3 Å². The summed E-state index contributed by atoms with van der Waals surface area (Å²) < 4.78 is 24.6. The lowest BCUT2D eigenvalue weighted by atomic mass is 9.74. The third kappa shape index (κ3) is 5.49. The van der Waals surface area contributed by atoms with E-state index in [0.717, 1.165) is 43.5 Å². The minimum atomic E-state index is -0.768. The first-order valence-electron chi connectivity index (χ1n) is 13.4. The van der Waals surface area contributed by atoms with Crippen molar-refractivity contribution < 1.29 is 23.5 Å². The molecule has 0 bridgehead atoms. The fraction of sp³-hybridized carbons (Fsp3) is 0.464. The van der Waals surface area contributed by atoms with Crippen LogP contribution in [-0.2, 0) is 16.6 Å². The van der Waals surface area contributed by atoms with Crippen molar-refractivity contribution in [2.75, 3.05) is 11.9 Å². The topological polar surface area (TPSA) is 134 Å². The van der Waals surface area contributed by atoms with Gasteiger partial charge >= 0.3 is 0 Å². The number of nitrogens with one attached hydrogen (secondary N) is 1. The number of rotatable bonds is 7. The van der Waals surface area contributed by atoms with Gasteiger partial charge in [-0.05, 0) is 57.2 Å². The van der Waals surface area contributed by atoms with Crippen LogP contribution in [0.4, 0.5) is 10.1 Å². The van der Waals surface area contributed by atoms with Crippen LogP contribution in [0, 0.1) is 24.6 Å². The first kappa shape index (κ1) is 26.7. The molecule has 3 atom stereocenters. The van der Waals surface area contributed by atoms with Gasteiger partial charge in [0.05, 0.1) is 22.6 Å². The van der Waals surface area contributed by atoms with Gasteiger partial charge in [0.1, 0.15) is 5.82 Å². The number of aryl methyl sites for hydroxylation is 2. The molecular formula is C28H33FN6O4. The van der Waals surface area contributed by atoms with E-state index in [1.807, 2.05) is 13.0 Å². The van der Waals surface area contributed by atoms with Crippen LogP contribution in [0.5, 0.6) is 0 Å². The lowest BCUT2D eigenvalue weighted by molar-refractivity contribution is -0.122. The maximum atomic E-state index is 15.5. The molecule has 5 rings (SSSR count). The van der Waals surface area contributed by atoms with Gasteiger partial charge in [-0.1, -0.05) is 18.9 Å². The van der Waals surface area contributed by atoms with Crippen LogP contribution in [-0.4, -0.2) is 43.8 Å². The molecule has 2 fully saturated rings. The number of hydrogen-bond acceptors (Lipinski definition) is 6. The van der Waals surface area contributed by atoms with Crippen LogP contribution in [0.1, 0.15) is 77.7 Å². The number of benzene rings is 1. The minimum Gasteiger partial charge on any atom is -0.364 e. The van der Waals surface area contributed by atoms with Gasteiger partial charge in [-0.15, -0.1) is 0 Å². The summed E-state index contributed by atoms with van der Waals surface area (Å²) in [6.07, 6.45) is 6.64. The van der Waals surface area contributed by atoms with E-state index in [1.165, 1.54) is 23.0 Å². The number of halogens is 1. The molecule has 0 spiro atoms. The second kappa shape index (κ2) is 11.1. The highest BCUT2D eigenvalue weighted by Crippen LogP contribution is 2.36. The first-order valence-corrected chi connectivity index (χ1v) is 13.4. The zero-order valence-corrected chi connectivity index (χ0v) is 22.2. The van der Waals surface area contributed by atoms with Crippen LogP contribution < -0.4 is 11.1 Å². The first-order chi connectivity index (χ1) is 18.7. The van der Waals surface area contributed by atoms with Gasteiger partial charge in [-0.2, -0.15) is 10.2 Å². The fourth-order valence-corrected chi connectivity index (χ4v) is 5.69. The van der Waals surface area contributed by atoms with Crippen LogP contribution >= 0.6 is 0 Å². The average Bonchev–Trinajstić information content (AvgIpc) is 3.50. The molecule has 1 saturated heterocycles. The van der Waals surface area contributed by atoms with Gasteiger partial charge in [-0.25, -0.2) is 9.07 Å². The molecule has 1 aliphatic carbocycles. The van der Waals surface area contributed by atoms with E-state index in [9.17, 15) is 14.4 Å². The third-order valence-corrected chi connectivity index (χ3v) is 7.58. The summed E-state index contributed by atoms with van der Waals surface area (Å²) in [5, 5.41) is 11.3. The Morgan fingerprint density at radius 2 is 1.79 bits per heavy atom. The highest BCUT2D eigenvalue weighted by Gasteiger charge is 2.37. The van der Waals surface area contributed by atoms with E-state index in [2.05, 4.69) is 15.5 Å². The molecule has 11 heteroatoms. The summed E-state index contributed by atoms with van der Waals surface area (Å²) in [5.74, 6) is -3.57. The van der Waals surface area contributed by atoms with Gasteiger partial charge in [0.2, 0.25) is 5.91 Å². The molecule has 3 heterocycles. The van der Waals surface area contributed by atoms with E-state index in [-0.39, 0.29) is 23.2 Å². The summed E-state index contributed by atoms with van der Waals surface area (Å²) in [6.45, 7) is 2.54. The number of aromatic nitrogens is 4. The number of Topliss-reactive ketones (excluding diaryl/α,β-unsaturated/α-hetero) is 1. The summed E-state index contributed by atoms with van der Waals surface area (Å²) in [6, 6.07) is 6.46. The molecule has 3 aromatic rings. The molecule has 10 nitrogen and oxygen atoms in total. The molecular weight excluding hydrogens is 503 g/mol. The molecule has 1 saturated carbocycles.